The molecule has 3 nitrogen and oxygen atoms in total. The standard InChI is InChI=1S/C13H17BrO3/c1-3-10(8-14)9-17-12-6-4-5-11(7-12)13(15)16-2/h4-7,10H,3,8-9H2,1-2H3. The van der Waals surface area contributed by atoms with Crippen LogP contribution in [0.4, 0.5) is 0 Å². The van der Waals surface area contributed by atoms with Crippen LogP contribution in [0.1, 0.15) is 23.7 Å². The number of benzene rings is 1. The molecule has 0 heterocycles. The SMILES string of the molecule is CCC(CBr)COc1cccc(C(=O)OC)c1. The summed E-state index contributed by atoms with van der Waals surface area (Å²) in [4.78, 5) is 11.3. The van der Waals surface area contributed by atoms with E-state index in [1.807, 2.05) is 6.07 Å². The molecule has 1 aromatic carbocycles. The summed E-state index contributed by atoms with van der Waals surface area (Å²) >= 11 is 3.44. The van der Waals surface area contributed by atoms with Crippen molar-refractivity contribution in [1.82, 2.24) is 0 Å². The molecule has 0 fully saturated rings. The zero-order valence-electron chi connectivity index (χ0n) is 10.1. The van der Waals surface area contributed by atoms with Gasteiger partial charge in [-0.3, -0.25) is 0 Å². The Hall–Kier alpha value is -1.03. The number of ether oxygens (including phenoxy) is 2. The van der Waals surface area contributed by atoms with Crippen molar-refractivity contribution in [1.29, 1.82) is 0 Å². The van der Waals surface area contributed by atoms with E-state index < -0.39 is 0 Å². The second kappa shape index (κ2) is 7.33. The first-order valence-electron chi connectivity index (χ1n) is 5.58. The van der Waals surface area contributed by atoms with E-state index in [9.17, 15) is 4.79 Å². The third-order valence-electron chi connectivity index (χ3n) is 2.54. The average molecular weight is 301 g/mol. The van der Waals surface area contributed by atoms with Gasteiger partial charge >= 0.3 is 5.97 Å². The fourth-order valence-corrected chi connectivity index (χ4v) is 1.96. The molecule has 0 aliphatic rings. The van der Waals surface area contributed by atoms with Crippen molar-refractivity contribution in [3.8, 4) is 5.75 Å². The minimum atomic E-state index is -0.344. The number of esters is 1. The van der Waals surface area contributed by atoms with Gasteiger partial charge < -0.3 is 9.47 Å². The third-order valence-corrected chi connectivity index (χ3v) is 3.45. The summed E-state index contributed by atoms with van der Waals surface area (Å²) in [5.74, 6) is 0.840. The zero-order chi connectivity index (χ0) is 12.7. The van der Waals surface area contributed by atoms with Crippen LogP contribution in [0.25, 0.3) is 0 Å². The minimum absolute atomic E-state index is 0.344. The first kappa shape index (κ1) is 14.0. The molecule has 1 unspecified atom stereocenters. The van der Waals surface area contributed by atoms with Gasteiger partial charge in [0.25, 0.3) is 0 Å². The van der Waals surface area contributed by atoms with Crippen LogP contribution in [0.15, 0.2) is 24.3 Å². The summed E-state index contributed by atoms with van der Waals surface area (Å²) in [6, 6.07) is 7.04. The van der Waals surface area contributed by atoms with Gasteiger partial charge in [0.1, 0.15) is 5.75 Å². The number of alkyl halides is 1. The molecule has 0 aliphatic heterocycles. The van der Waals surface area contributed by atoms with E-state index in [-0.39, 0.29) is 5.97 Å². The lowest BCUT2D eigenvalue weighted by molar-refractivity contribution is 0.0600. The van der Waals surface area contributed by atoms with Crippen molar-refractivity contribution >= 4 is 21.9 Å². The molecule has 0 saturated heterocycles. The molecular weight excluding hydrogens is 284 g/mol. The first-order chi connectivity index (χ1) is 8.21. The van der Waals surface area contributed by atoms with Crippen molar-refractivity contribution in [3.05, 3.63) is 29.8 Å². The molecule has 1 atom stereocenters. The van der Waals surface area contributed by atoms with Gasteiger partial charge in [-0.25, -0.2) is 4.79 Å². The third kappa shape index (κ3) is 4.38. The van der Waals surface area contributed by atoms with E-state index in [1.165, 1.54) is 7.11 Å². The maximum Gasteiger partial charge on any atom is 0.337 e. The molecule has 0 amide bonds. The molecule has 1 aromatic rings. The van der Waals surface area contributed by atoms with Gasteiger partial charge in [0, 0.05) is 11.2 Å². The molecule has 4 heteroatoms. The van der Waals surface area contributed by atoms with Crippen LogP contribution in [0.5, 0.6) is 5.75 Å². The van der Waals surface area contributed by atoms with Gasteiger partial charge in [-0.15, -0.1) is 0 Å². The highest BCUT2D eigenvalue weighted by Gasteiger charge is 2.08. The highest BCUT2D eigenvalue weighted by atomic mass is 79.9. The molecule has 0 N–H and O–H groups in total. The second-order valence-electron chi connectivity index (χ2n) is 3.76. The maximum absolute atomic E-state index is 11.3. The van der Waals surface area contributed by atoms with Crippen LogP contribution in [0.3, 0.4) is 0 Å². The van der Waals surface area contributed by atoms with E-state index in [0.717, 1.165) is 11.8 Å². The van der Waals surface area contributed by atoms with E-state index in [0.29, 0.717) is 23.8 Å². The lowest BCUT2D eigenvalue weighted by Crippen LogP contribution is -2.12. The van der Waals surface area contributed by atoms with E-state index in [1.54, 1.807) is 18.2 Å². The number of hydrogen-bond donors (Lipinski definition) is 0. The quantitative estimate of drug-likeness (QED) is 0.597. The smallest absolute Gasteiger partial charge is 0.337 e. The van der Waals surface area contributed by atoms with Crippen molar-refractivity contribution in [2.24, 2.45) is 5.92 Å². The summed E-state index contributed by atoms with van der Waals surface area (Å²) in [6.45, 7) is 2.77. The first-order valence-corrected chi connectivity index (χ1v) is 6.70. The minimum Gasteiger partial charge on any atom is -0.493 e. The average Bonchev–Trinajstić information content (AvgIpc) is 2.39. The van der Waals surface area contributed by atoms with Crippen LogP contribution in [-0.4, -0.2) is 25.0 Å². The molecule has 0 bridgehead atoms. The van der Waals surface area contributed by atoms with E-state index in [2.05, 4.69) is 27.6 Å². The normalized spacial score (nSPS) is 11.9. The van der Waals surface area contributed by atoms with Crippen LogP contribution in [-0.2, 0) is 4.74 Å². The summed E-state index contributed by atoms with van der Waals surface area (Å²) in [5.41, 5.74) is 0.511. The number of rotatable bonds is 6. The van der Waals surface area contributed by atoms with Crippen LogP contribution < -0.4 is 4.74 Å². The Kier molecular flexibility index (Phi) is 6.05. The van der Waals surface area contributed by atoms with Gasteiger partial charge in [0.15, 0.2) is 0 Å². The Balaban J connectivity index is 2.62. The molecule has 1 rings (SSSR count). The van der Waals surface area contributed by atoms with Gasteiger partial charge in [-0.2, -0.15) is 0 Å². The summed E-state index contributed by atoms with van der Waals surface area (Å²) in [5, 5.41) is 0.917. The lowest BCUT2D eigenvalue weighted by Gasteiger charge is -2.13. The fraction of sp³-hybridized carbons (Fsp3) is 0.462. The van der Waals surface area contributed by atoms with Gasteiger partial charge in [-0.1, -0.05) is 28.9 Å². The number of carbonyl (C=O) groups is 1. The summed E-state index contributed by atoms with van der Waals surface area (Å²) < 4.78 is 10.3. The summed E-state index contributed by atoms with van der Waals surface area (Å²) in [6.07, 6.45) is 1.06. The van der Waals surface area contributed by atoms with Crippen LogP contribution in [0.2, 0.25) is 0 Å². The molecule has 0 aromatic heterocycles. The van der Waals surface area contributed by atoms with Crippen molar-refractivity contribution < 1.29 is 14.3 Å². The number of halogens is 1. The molecule has 94 valence electrons. The Labute approximate surface area is 110 Å². The van der Waals surface area contributed by atoms with Gasteiger partial charge in [-0.05, 0) is 24.6 Å². The molecule has 0 spiro atoms. The molecule has 0 aliphatic carbocycles. The lowest BCUT2D eigenvalue weighted by atomic mass is 10.1. The largest absolute Gasteiger partial charge is 0.493 e. The highest BCUT2D eigenvalue weighted by Crippen LogP contribution is 2.16. The highest BCUT2D eigenvalue weighted by molar-refractivity contribution is 9.09. The summed E-state index contributed by atoms with van der Waals surface area (Å²) in [7, 11) is 1.37. The monoisotopic (exact) mass is 300 g/mol. The molecule has 0 radical (unpaired) electrons. The molecular formula is C13H17BrO3. The Morgan fingerprint density at radius 2 is 2.24 bits per heavy atom. The van der Waals surface area contributed by atoms with Crippen molar-refractivity contribution in [3.63, 3.8) is 0 Å². The van der Waals surface area contributed by atoms with E-state index in [4.69, 9.17) is 4.74 Å². The Bertz CT molecular complexity index is 361. The number of methoxy groups -OCH3 is 1. The van der Waals surface area contributed by atoms with Crippen molar-refractivity contribution in [2.45, 2.75) is 13.3 Å². The maximum atomic E-state index is 11.3. The Morgan fingerprint density at radius 1 is 1.47 bits per heavy atom. The fourth-order valence-electron chi connectivity index (χ4n) is 1.32. The predicted octanol–water partition coefficient (Wildman–Crippen LogP) is 3.27. The predicted molar refractivity (Wildman–Crippen MR) is 70.9 cm³/mol. The second-order valence-corrected chi connectivity index (χ2v) is 4.41. The van der Waals surface area contributed by atoms with Crippen molar-refractivity contribution in [2.75, 3.05) is 19.0 Å². The van der Waals surface area contributed by atoms with E-state index >= 15 is 0 Å². The van der Waals surface area contributed by atoms with Gasteiger partial charge in [0.05, 0.1) is 19.3 Å². The zero-order valence-corrected chi connectivity index (χ0v) is 11.7. The number of carbonyl (C=O) groups excluding carboxylic acids is 1. The topological polar surface area (TPSA) is 35.5 Å². The number of hydrogen-bond acceptors (Lipinski definition) is 3. The van der Waals surface area contributed by atoms with Crippen LogP contribution in [0, 0.1) is 5.92 Å². The Morgan fingerprint density at radius 3 is 2.82 bits per heavy atom. The molecule has 0 saturated carbocycles. The van der Waals surface area contributed by atoms with Crippen LogP contribution >= 0.6 is 15.9 Å². The van der Waals surface area contributed by atoms with Gasteiger partial charge in [0.2, 0.25) is 0 Å². The molecule has 17 heavy (non-hydrogen) atoms.